The van der Waals surface area contributed by atoms with E-state index in [1.165, 1.54) is 12.1 Å². The zero-order valence-corrected chi connectivity index (χ0v) is 21.0. The number of nitrogens with one attached hydrogen (secondary N) is 2. The number of aliphatic hydroxyl groups excluding tert-OH is 1. The van der Waals surface area contributed by atoms with Gasteiger partial charge in [-0.1, -0.05) is 11.6 Å². The molecule has 3 aliphatic heterocycles. The lowest BCUT2D eigenvalue weighted by atomic mass is 9.98. The Bertz CT molecular complexity index is 1270. The van der Waals surface area contributed by atoms with Gasteiger partial charge in [-0.15, -0.1) is 0 Å². The molecule has 5 rings (SSSR count). The Morgan fingerprint density at radius 2 is 2.03 bits per heavy atom. The van der Waals surface area contributed by atoms with Gasteiger partial charge >= 0.3 is 0 Å². The van der Waals surface area contributed by atoms with E-state index in [0.717, 1.165) is 62.4 Å². The monoisotopic (exact) mass is 520 g/mol. The second kappa shape index (κ2) is 9.36. The van der Waals surface area contributed by atoms with E-state index in [-0.39, 0.29) is 35.8 Å². The number of piperidine rings is 1. The molecule has 2 saturated heterocycles. The molecule has 1 unspecified atom stereocenters. The first-order valence-electron chi connectivity index (χ1n) is 11.8. The molecule has 3 aliphatic rings. The number of hydrogen-bond donors (Lipinski definition) is 3. The van der Waals surface area contributed by atoms with E-state index < -0.39 is 10.0 Å². The van der Waals surface area contributed by atoms with Crippen LogP contribution in [0.4, 0.5) is 11.5 Å². The second-order valence-electron chi connectivity index (χ2n) is 9.24. The summed E-state index contributed by atoms with van der Waals surface area (Å²) in [7, 11) is -3.58. The summed E-state index contributed by atoms with van der Waals surface area (Å²) in [6.45, 7) is 2.40. The number of sulfonamides is 1. The number of anilines is 2. The molecule has 2 atom stereocenters. The Morgan fingerprint density at radius 3 is 2.71 bits per heavy atom. The number of fused-ring (bicyclic) bond motifs is 1. The molecule has 2 aromatic rings. The van der Waals surface area contributed by atoms with Gasteiger partial charge in [0.05, 0.1) is 41.9 Å². The summed E-state index contributed by atoms with van der Waals surface area (Å²) in [6.07, 6.45) is 6.68. The van der Waals surface area contributed by atoms with Crippen molar-refractivity contribution >= 4 is 39.0 Å². The molecule has 1 amide bonds. The van der Waals surface area contributed by atoms with Crippen molar-refractivity contribution in [1.29, 1.82) is 0 Å². The van der Waals surface area contributed by atoms with Crippen LogP contribution in [-0.4, -0.2) is 71.5 Å². The lowest BCUT2D eigenvalue weighted by Crippen LogP contribution is -2.41. The number of amides is 1. The molecule has 0 saturated carbocycles. The minimum atomic E-state index is -3.58. The van der Waals surface area contributed by atoms with Gasteiger partial charge in [-0.25, -0.2) is 13.1 Å². The van der Waals surface area contributed by atoms with Gasteiger partial charge in [0, 0.05) is 30.7 Å². The van der Waals surface area contributed by atoms with E-state index >= 15 is 0 Å². The fourth-order valence-electron chi connectivity index (χ4n) is 4.84. The third kappa shape index (κ3) is 4.85. The van der Waals surface area contributed by atoms with E-state index in [2.05, 4.69) is 14.9 Å². The summed E-state index contributed by atoms with van der Waals surface area (Å²) >= 11 is 6.18. The molecule has 3 N–H and O–H groups in total. The van der Waals surface area contributed by atoms with Crippen LogP contribution in [0.5, 0.6) is 0 Å². The van der Waals surface area contributed by atoms with Crippen LogP contribution >= 0.6 is 11.6 Å². The number of nitrogens with zero attached hydrogens (tertiary/aromatic N) is 4. The van der Waals surface area contributed by atoms with Crippen LogP contribution in [0.15, 0.2) is 36.2 Å². The van der Waals surface area contributed by atoms with Crippen LogP contribution in [0.3, 0.4) is 0 Å². The number of aliphatic hydroxyl groups is 1. The van der Waals surface area contributed by atoms with Crippen LogP contribution in [0.2, 0.25) is 5.02 Å². The molecule has 0 bridgehead atoms. The molecule has 35 heavy (non-hydrogen) atoms. The predicted molar refractivity (Wildman–Crippen MR) is 134 cm³/mol. The number of likely N-dealkylation sites (tertiary alicyclic amines) is 2. The predicted octanol–water partition coefficient (Wildman–Crippen LogP) is 2.78. The van der Waals surface area contributed by atoms with Crippen molar-refractivity contribution in [2.24, 2.45) is 0 Å². The summed E-state index contributed by atoms with van der Waals surface area (Å²) in [5, 5.41) is 18.6. The smallest absolute Gasteiger partial charge is 0.256 e. The minimum absolute atomic E-state index is 0.0799. The van der Waals surface area contributed by atoms with Crippen molar-refractivity contribution in [2.45, 2.75) is 37.8 Å². The summed E-state index contributed by atoms with van der Waals surface area (Å²) in [6, 6.07) is 5.92. The number of benzene rings is 1. The quantitative estimate of drug-likeness (QED) is 0.535. The van der Waals surface area contributed by atoms with Crippen molar-refractivity contribution in [3.8, 4) is 0 Å². The number of carbonyl (C=O) groups is 1. The van der Waals surface area contributed by atoms with Gasteiger partial charge in [-0.2, -0.15) is 5.10 Å². The number of halogens is 1. The standard InChI is InChI=1S/C23H29ClN6O4S/c1-35(33,34)27-18-7-6-15(24)11-17(18)23(32)29-10-3-2-5-20(29)19-13-22-25-21(28-8-4-9-28)12-16(14-31)30(22)26-19/h6-7,11-13,16,20,25,27,31H,2-5,8-10,14H2,1H3/t16?,20-/m0/s1. The van der Waals surface area contributed by atoms with Gasteiger partial charge in [0.25, 0.3) is 5.91 Å². The number of hydrogen-bond acceptors (Lipinski definition) is 7. The molecule has 0 radical (unpaired) electrons. The van der Waals surface area contributed by atoms with Crippen molar-refractivity contribution in [3.05, 3.63) is 52.4 Å². The molecular formula is C23H29ClN6O4S. The highest BCUT2D eigenvalue weighted by Gasteiger charge is 2.34. The summed E-state index contributed by atoms with van der Waals surface area (Å²) in [5.41, 5.74) is 1.13. The number of rotatable bonds is 6. The summed E-state index contributed by atoms with van der Waals surface area (Å²) in [4.78, 5) is 17.7. The van der Waals surface area contributed by atoms with E-state index in [1.54, 1.807) is 15.6 Å². The zero-order valence-electron chi connectivity index (χ0n) is 19.4. The highest BCUT2D eigenvalue weighted by molar-refractivity contribution is 7.92. The lowest BCUT2D eigenvalue weighted by molar-refractivity contribution is 0.0605. The fourth-order valence-corrected chi connectivity index (χ4v) is 5.59. The molecule has 4 heterocycles. The van der Waals surface area contributed by atoms with Crippen molar-refractivity contribution in [3.63, 3.8) is 0 Å². The summed E-state index contributed by atoms with van der Waals surface area (Å²) < 4.78 is 28.0. The first kappa shape index (κ1) is 24.0. The van der Waals surface area contributed by atoms with Crippen LogP contribution in [0.25, 0.3) is 0 Å². The first-order valence-corrected chi connectivity index (χ1v) is 14.0. The molecule has 1 aromatic carbocycles. The third-order valence-corrected chi connectivity index (χ3v) is 7.50. The van der Waals surface area contributed by atoms with Crippen LogP contribution in [0, 0.1) is 0 Å². The van der Waals surface area contributed by atoms with Crippen molar-refractivity contribution in [2.75, 3.05) is 42.5 Å². The van der Waals surface area contributed by atoms with Gasteiger partial charge in [0.2, 0.25) is 10.0 Å². The summed E-state index contributed by atoms with van der Waals surface area (Å²) in [5.74, 6) is 1.45. The van der Waals surface area contributed by atoms with Crippen molar-refractivity contribution in [1.82, 2.24) is 19.6 Å². The van der Waals surface area contributed by atoms with Crippen LogP contribution in [-0.2, 0) is 10.0 Å². The maximum absolute atomic E-state index is 13.7. The van der Waals surface area contributed by atoms with E-state index in [1.807, 2.05) is 12.1 Å². The Morgan fingerprint density at radius 1 is 1.23 bits per heavy atom. The van der Waals surface area contributed by atoms with Gasteiger partial charge in [0.1, 0.15) is 11.6 Å². The molecular weight excluding hydrogens is 492 g/mol. The highest BCUT2D eigenvalue weighted by Crippen LogP contribution is 2.37. The zero-order chi connectivity index (χ0) is 24.7. The van der Waals surface area contributed by atoms with Crippen LogP contribution < -0.4 is 10.0 Å². The first-order chi connectivity index (χ1) is 16.7. The molecule has 2 fully saturated rings. The van der Waals surface area contributed by atoms with Gasteiger partial charge < -0.3 is 20.2 Å². The van der Waals surface area contributed by atoms with Crippen LogP contribution in [0.1, 0.15) is 53.8 Å². The molecule has 0 aliphatic carbocycles. The topological polar surface area (TPSA) is 120 Å². The average molecular weight is 521 g/mol. The molecule has 188 valence electrons. The van der Waals surface area contributed by atoms with E-state index in [0.29, 0.717) is 11.6 Å². The van der Waals surface area contributed by atoms with E-state index in [9.17, 15) is 18.3 Å². The van der Waals surface area contributed by atoms with Crippen molar-refractivity contribution < 1.29 is 18.3 Å². The van der Waals surface area contributed by atoms with Gasteiger partial charge in [-0.05, 0) is 50.0 Å². The normalized spacial score (nSPS) is 22.1. The van der Waals surface area contributed by atoms with Gasteiger partial charge in [-0.3, -0.25) is 9.52 Å². The molecule has 10 nitrogen and oxygen atoms in total. The SMILES string of the molecule is CS(=O)(=O)Nc1ccc(Cl)cc1C(=O)N1CCCC[C@H]1c1cc2n(n1)C(CO)C=C(N1CCC1)N2. The molecule has 0 spiro atoms. The van der Waals surface area contributed by atoms with E-state index in [4.69, 9.17) is 16.7 Å². The Balaban J connectivity index is 1.46. The minimum Gasteiger partial charge on any atom is -0.394 e. The Kier molecular flexibility index (Phi) is 6.41. The second-order valence-corrected chi connectivity index (χ2v) is 11.4. The maximum Gasteiger partial charge on any atom is 0.256 e. The maximum atomic E-state index is 13.7. The highest BCUT2D eigenvalue weighted by atomic mass is 35.5. The third-order valence-electron chi connectivity index (χ3n) is 6.67. The fraction of sp³-hybridized carbons (Fsp3) is 0.478. The van der Waals surface area contributed by atoms with Gasteiger partial charge in [0.15, 0.2) is 0 Å². The Labute approximate surface area is 209 Å². The number of carbonyl (C=O) groups excluding carboxylic acids is 1. The molecule has 1 aromatic heterocycles. The molecule has 12 heteroatoms. The average Bonchev–Trinajstić information content (AvgIpc) is 3.21. The lowest BCUT2D eigenvalue weighted by Gasteiger charge is -2.38. The Hall–Kier alpha value is -2.76. The number of aromatic nitrogens is 2. The largest absolute Gasteiger partial charge is 0.394 e.